The number of amides is 2. The van der Waals surface area contributed by atoms with E-state index in [4.69, 9.17) is 0 Å². The van der Waals surface area contributed by atoms with E-state index in [0.29, 0.717) is 30.5 Å². The van der Waals surface area contributed by atoms with Crippen LogP contribution in [0, 0.1) is 6.92 Å². The van der Waals surface area contributed by atoms with Crippen molar-refractivity contribution < 1.29 is 22.8 Å². The Morgan fingerprint density at radius 3 is 2.60 bits per heavy atom. The van der Waals surface area contributed by atoms with E-state index in [-0.39, 0.29) is 23.6 Å². The maximum atomic E-state index is 14.0. The van der Waals surface area contributed by atoms with Gasteiger partial charge in [0.2, 0.25) is 5.91 Å². The van der Waals surface area contributed by atoms with E-state index in [1.807, 2.05) is 25.1 Å². The molecular formula is C30H32F3N5O2. The van der Waals surface area contributed by atoms with Gasteiger partial charge in [-0.15, -0.1) is 0 Å². The Hall–Kier alpha value is -4.02. The minimum atomic E-state index is -4.60. The molecule has 0 saturated carbocycles. The Bertz CT molecular complexity index is 1390. The van der Waals surface area contributed by atoms with Crippen LogP contribution in [0.3, 0.4) is 0 Å². The molecule has 0 unspecified atom stereocenters. The fourth-order valence-electron chi connectivity index (χ4n) is 4.60. The van der Waals surface area contributed by atoms with Gasteiger partial charge in [0, 0.05) is 61.1 Å². The highest BCUT2D eigenvalue weighted by Gasteiger charge is 2.35. The summed E-state index contributed by atoms with van der Waals surface area (Å²) in [5.41, 5.74) is 1.54. The summed E-state index contributed by atoms with van der Waals surface area (Å²) < 4.78 is 41.9. The Kier molecular flexibility index (Phi) is 9.01. The molecule has 1 fully saturated rings. The summed E-state index contributed by atoms with van der Waals surface area (Å²) in [7, 11) is 3.93. The molecule has 1 aromatic heterocycles. The quantitative estimate of drug-likeness (QED) is 0.364. The van der Waals surface area contributed by atoms with E-state index >= 15 is 0 Å². The molecule has 2 aromatic carbocycles. The normalized spacial score (nSPS) is 16.0. The van der Waals surface area contributed by atoms with E-state index in [2.05, 4.69) is 20.5 Å². The Morgan fingerprint density at radius 1 is 1.12 bits per heavy atom. The summed E-state index contributed by atoms with van der Waals surface area (Å²) in [6, 6.07) is 12.5. The van der Waals surface area contributed by atoms with Gasteiger partial charge in [-0.3, -0.25) is 19.5 Å². The van der Waals surface area contributed by atoms with Crippen molar-refractivity contribution in [3.8, 4) is 0 Å². The third kappa shape index (κ3) is 7.55. The van der Waals surface area contributed by atoms with Crippen LogP contribution >= 0.6 is 0 Å². The number of rotatable bonds is 8. The number of benzene rings is 2. The minimum Gasteiger partial charge on any atom is -0.322 e. The number of nitrogens with one attached hydrogen (secondary N) is 2. The predicted octanol–water partition coefficient (Wildman–Crippen LogP) is 5.45. The lowest BCUT2D eigenvalue weighted by Crippen LogP contribution is -2.31. The second-order valence-corrected chi connectivity index (χ2v) is 10.1. The smallest absolute Gasteiger partial charge is 0.322 e. The number of halogens is 3. The van der Waals surface area contributed by atoms with Crippen LogP contribution in [-0.2, 0) is 17.5 Å². The van der Waals surface area contributed by atoms with Gasteiger partial charge < -0.3 is 15.5 Å². The van der Waals surface area contributed by atoms with Crippen LogP contribution in [0.25, 0.3) is 6.08 Å². The molecule has 0 spiro atoms. The highest BCUT2D eigenvalue weighted by atomic mass is 19.4. The number of carbonyl (C=O) groups excluding carboxylic acids is 2. The van der Waals surface area contributed by atoms with Crippen molar-refractivity contribution >= 4 is 29.3 Å². The molecule has 210 valence electrons. The second kappa shape index (κ2) is 12.4. The summed E-state index contributed by atoms with van der Waals surface area (Å²) in [6.45, 7) is 3.37. The molecular weight excluding hydrogens is 519 g/mol. The first-order valence-corrected chi connectivity index (χ1v) is 12.9. The highest BCUT2D eigenvalue weighted by molar-refractivity contribution is 6.06. The average molecular weight is 552 g/mol. The lowest BCUT2D eigenvalue weighted by molar-refractivity contribution is -0.138. The maximum Gasteiger partial charge on any atom is 0.416 e. The summed E-state index contributed by atoms with van der Waals surface area (Å²) in [6.07, 6.45) is 2.54. The first kappa shape index (κ1) is 29.0. The lowest BCUT2D eigenvalue weighted by Gasteiger charge is -2.22. The molecule has 40 heavy (non-hydrogen) atoms. The minimum absolute atomic E-state index is 0.103. The Labute approximate surface area is 231 Å². The number of anilines is 2. The van der Waals surface area contributed by atoms with Crippen molar-refractivity contribution in [2.75, 3.05) is 37.8 Å². The number of likely N-dealkylation sites (tertiary alicyclic amines) is 1. The monoisotopic (exact) mass is 551 g/mol. The van der Waals surface area contributed by atoms with Gasteiger partial charge in [0.15, 0.2) is 0 Å². The molecule has 0 bridgehead atoms. The largest absolute Gasteiger partial charge is 0.416 e. The Balaban J connectivity index is 1.46. The van der Waals surface area contributed by atoms with E-state index < -0.39 is 17.6 Å². The summed E-state index contributed by atoms with van der Waals surface area (Å²) in [5, 5.41) is 5.41. The van der Waals surface area contributed by atoms with Crippen molar-refractivity contribution in [3.63, 3.8) is 0 Å². The molecule has 1 saturated heterocycles. The summed E-state index contributed by atoms with van der Waals surface area (Å²) in [4.78, 5) is 33.4. The molecule has 7 nitrogen and oxygen atoms in total. The summed E-state index contributed by atoms with van der Waals surface area (Å²) >= 11 is 0. The van der Waals surface area contributed by atoms with E-state index in [1.165, 1.54) is 18.2 Å². The molecule has 10 heteroatoms. The van der Waals surface area contributed by atoms with Gasteiger partial charge in [-0.25, -0.2) is 0 Å². The number of alkyl halides is 3. The average Bonchev–Trinajstić information content (AvgIpc) is 3.38. The molecule has 1 aliphatic heterocycles. The van der Waals surface area contributed by atoms with Gasteiger partial charge in [0.1, 0.15) is 0 Å². The van der Waals surface area contributed by atoms with Gasteiger partial charge in [-0.05, 0) is 80.5 Å². The van der Waals surface area contributed by atoms with Crippen LogP contribution in [0.15, 0.2) is 67.0 Å². The number of hydrogen-bond donors (Lipinski definition) is 2. The zero-order valence-electron chi connectivity index (χ0n) is 22.6. The predicted molar refractivity (Wildman–Crippen MR) is 150 cm³/mol. The van der Waals surface area contributed by atoms with Crippen molar-refractivity contribution in [2.24, 2.45) is 0 Å². The fraction of sp³-hybridized carbons (Fsp3) is 0.300. The van der Waals surface area contributed by atoms with Crippen molar-refractivity contribution in [1.29, 1.82) is 0 Å². The van der Waals surface area contributed by atoms with Crippen LogP contribution in [0.4, 0.5) is 24.5 Å². The van der Waals surface area contributed by atoms with Gasteiger partial charge in [-0.2, -0.15) is 13.2 Å². The molecule has 2 heterocycles. The molecule has 4 rings (SSSR count). The number of likely N-dealkylation sites (N-methyl/N-ethyl adjacent to an activating group) is 1. The van der Waals surface area contributed by atoms with Gasteiger partial charge in [0.25, 0.3) is 5.91 Å². The fourth-order valence-corrected chi connectivity index (χ4v) is 4.60. The third-order valence-electron chi connectivity index (χ3n) is 6.91. The SMILES string of the molecule is Cc1ccc(NC(=O)c2ccc(CN3CC[C@H](N(C)C)C3)c(C(F)(F)F)c2)cc1NC(=O)/C=C/c1cccnc1. The van der Waals surface area contributed by atoms with Gasteiger partial charge >= 0.3 is 6.18 Å². The number of carbonyl (C=O) groups is 2. The zero-order chi connectivity index (χ0) is 28.9. The number of aromatic nitrogens is 1. The maximum absolute atomic E-state index is 14.0. The van der Waals surface area contributed by atoms with Crippen LogP contribution in [-0.4, -0.2) is 59.8 Å². The first-order chi connectivity index (χ1) is 19.0. The summed E-state index contributed by atoms with van der Waals surface area (Å²) in [5.74, 6) is -1.06. The lowest BCUT2D eigenvalue weighted by atomic mass is 10.0. The number of hydrogen-bond acceptors (Lipinski definition) is 5. The van der Waals surface area contributed by atoms with Crippen LogP contribution in [0.2, 0.25) is 0 Å². The Morgan fingerprint density at radius 2 is 1.93 bits per heavy atom. The number of aryl methyl sites for hydroxylation is 1. The topological polar surface area (TPSA) is 77.6 Å². The van der Waals surface area contributed by atoms with Gasteiger partial charge in [0.05, 0.1) is 5.56 Å². The van der Waals surface area contributed by atoms with Gasteiger partial charge in [-0.1, -0.05) is 18.2 Å². The van der Waals surface area contributed by atoms with Crippen molar-refractivity contribution in [3.05, 3.63) is 94.8 Å². The molecule has 3 aromatic rings. The van der Waals surface area contributed by atoms with E-state index in [0.717, 1.165) is 23.6 Å². The van der Waals surface area contributed by atoms with E-state index in [1.54, 1.807) is 49.7 Å². The van der Waals surface area contributed by atoms with Crippen molar-refractivity contribution in [1.82, 2.24) is 14.8 Å². The second-order valence-electron chi connectivity index (χ2n) is 10.1. The van der Waals surface area contributed by atoms with E-state index in [9.17, 15) is 22.8 Å². The van der Waals surface area contributed by atoms with Crippen LogP contribution in [0.5, 0.6) is 0 Å². The molecule has 2 N–H and O–H groups in total. The zero-order valence-corrected chi connectivity index (χ0v) is 22.6. The first-order valence-electron chi connectivity index (χ1n) is 12.9. The van der Waals surface area contributed by atoms with Crippen LogP contribution in [0.1, 0.15) is 39.0 Å². The third-order valence-corrected chi connectivity index (χ3v) is 6.91. The molecule has 0 radical (unpaired) electrons. The number of nitrogens with zero attached hydrogens (tertiary/aromatic N) is 3. The molecule has 1 atom stereocenters. The molecule has 1 aliphatic rings. The van der Waals surface area contributed by atoms with Crippen molar-refractivity contribution in [2.45, 2.75) is 32.1 Å². The molecule has 0 aliphatic carbocycles. The van der Waals surface area contributed by atoms with Crippen LogP contribution < -0.4 is 10.6 Å². The number of pyridine rings is 1. The molecule has 2 amide bonds. The standard InChI is InChI=1S/C30H32F3N5O2/c1-20-6-10-24(16-27(20)36-28(39)11-7-21-5-4-13-34-17-21)35-29(40)22-8-9-23(26(15-22)30(31,32)33)18-38-14-12-25(19-38)37(2)3/h4-11,13,15-17,25H,12,14,18-19H2,1-3H3,(H,35,40)(H,36,39)/b11-7+/t25-/m0/s1. The highest BCUT2D eigenvalue weighted by Crippen LogP contribution is 2.34.